The Kier molecular flexibility index (Phi) is 3.51. The average molecular weight is 218 g/mol. The molecule has 0 atom stereocenters. The van der Waals surface area contributed by atoms with Gasteiger partial charge in [-0.2, -0.15) is 5.10 Å². The largest absolute Gasteiger partial charge is 0.489 e. The lowest BCUT2D eigenvalue weighted by molar-refractivity contribution is 0.340. The molecule has 0 N–H and O–H groups in total. The van der Waals surface area contributed by atoms with Crippen LogP contribution in [0.3, 0.4) is 0 Å². The van der Waals surface area contributed by atoms with Crippen molar-refractivity contribution in [3.05, 3.63) is 12.4 Å². The van der Waals surface area contributed by atoms with Crippen LogP contribution in [-0.4, -0.2) is 36.3 Å². The molecule has 0 aliphatic rings. The third-order valence-corrected chi connectivity index (χ3v) is 3.45. The number of aromatic nitrogens is 2. The molecule has 0 aliphatic carbocycles. The normalized spacial score (nSPS) is 11.6. The van der Waals surface area contributed by atoms with Gasteiger partial charge in [-0.1, -0.05) is 6.92 Å². The first kappa shape index (κ1) is 11.0. The van der Waals surface area contributed by atoms with Crippen LogP contribution in [0.15, 0.2) is 12.4 Å². The van der Waals surface area contributed by atoms with Gasteiger partial charge >= 0.3 is 0 Å². The number of nitrogens with zero attached hydrogens (tertiary/aromatic N) is 2. The van der Waals surface area contributed by atoms with E-state index in [1.165, 1.54) is 0 Å². The molecule has 1 aromatic rings. The van der Waals surface area contributed by atoms with Crippen LogP contribution in [0.25, 0.3) is 0 Å². The van der Waals surface area contributed by atoms with Crippen LogP contribution in [0.2, 0.25) is 0 Å². The summed E-state index contributed by atoms with van der Waals surface area (Å²) in [6.45, 7) is 1.81. The fourth-order valence-electron chi connectivity index (χ4n) is 0.904. The second-order valence-electron chi connectivity index (χ2n) is 2.93. The quantitative estimate of drug-likeness (QED) is 0.710. The number of hydrogen-bond acceptors (Lipinski definition) is 4. The summed E-state index contributed by atoms with van der Waals surface area (Å²) in [5.41, 5.74) is 0. The third-order valence-electron chi connectivity index (χ3n) is 1.78. The van der Waals surface area contributed by atoms with Gasteiger partial charge in [-0.05, 0) is 0 Å². The van der Waals surface area contributed by atoms with Gasteiger partial charge in [-0.25, -0.2) is 8.42 Å². The van der Waals surface area contributed by atoms with Crippen LogP contribution >= 0.6 is 0 Å². The van der Waals surface area contributed by atoms with Crippen molar-refractivity contribution < 1.29 is 13.2 Å². The first-order chi connectivity index (χ1) is 6.53. The van der Waals surface area contributed by atoms with Gasteiger partial charge in [0.05, 0.1) is 18.1 Å². The second-order valence-corrected chi connectivity index (χ2v) is 5.41. The first-order valence-electron chi connectivity index (χ1n) is 4.35. The summed E-state index contributed by atoms with van der Waals surface area (Å²) in [4.78, 5) is 0. The van der Waals surface area contributed by atoms with Gasteiger partial charge < -0.3 is 4.74 Å². The van der Waals surface area contributed by atoms with Crippen LogP contribution in [-0.2, 0) is 16.9 Å². The highest BCUT2D eigenvalue weighted by molar-refractivity contribution is 7.91. The zero-order valence-electron chi connectivity index (χ0n) is 8.30. The number of aryl methyl sites for hydroxylation is 1. The number of hydrogen-bond donors (Lipinski definition) is 0. The SMILES string of the molecule is CCS(=O)(=O)CCOc1cnn(C)c1. The van der Waals surface area contributed by atoms with Gasteiger partial charge in [-0.15, -0.1) is 0 Å². The number of sulfone groups is 1. The molecule has 0 aromatic carbocycles. The van der Waals surface area contributed by atoms with Gasteiger partial charge in [0.1, 0.15) is 6.61 Å². The standard InChI is InChI=1S/C8H14N2O3S/c1-3-14(11,12)5-4-13-8-6-9-10(2)7-8/h6-7H,3-5H2,1-2H3. The molecule has 0 saturated heterocycles. The summed E-state index contributed by atoms with van der Waals surface area (Å²) in [5, 5.41) is 3.89. The predicted octanol–water partition coefficient (Wildman–Crippen LogP) is 0.234. The lowest BCUT2D eigenvalue weighted by atomic mass is 10.6. The molecule has 0 fully saturated rings. The van der Waals surface area contributed by atoms with E-state index in [0.29, 0.717) is 5.75 Å². The van der Waals surface area contributed by atoms with E-state index >= 15 is 0 Å². The molecule has 14 heavy (non-hydrogen) atoms. The highest BCUT2D eigenvalue weighted by Gasteiger charge is 2.07. The molecule has 5 nitrogen and oxygen atoms in total. The fraction of sp³-hybridized carbons (Fsp3) is 0.625. The molecule has 0 bridgehead atoms. The van der Waals surface area contributed by atoms with E-state index in [4.69, 9.17) is 4.74 Å². The van der Waals surface area contributed by atoms with Crippen LogP contribution in [0.4, 0.5) is 0 Å². The Labute approximate surface area is 83.6 Å². The summed E-state index contributed by atoms with van der Waals surface area (Å²) in [5.74, 6) is 0.806. The lowest BCUT2D eigenvalue weighted by Crippen LogP contribution is -2.15. The maximum atomic E-state index is 11.1. The van der Waals surface area contributed by atoms with Gasteiger partial charge in [0.2, 0.25) is 0 Å². The molecule has 0 radical (unpaired) electrons. The molecule has 6 heteroatoms. The lowest BCUT2D eigenvalue weighted by Gasteiger charge is -2.02. The van der Waals surface area contributed by atoms with E-state index in [-0.39, 0.29) is 18.1 Å². The highest BCUT2D eigenvalue weighted by Crippen LogP contribution is 2.06. The molecule has 0 unspecified atom stereocenters. The van der Waals surface area contributed by atoms with Gasteiger partial charge in [0, 0.05) is 12.8 Å². The molecule has 1 rings (SSSR count). The van der Waals surface area contributed by atoms with Crippen molar-refractivity contribution in [2.75, 3.05) is 18.1 Å². The summed E-state index contributed by atoms with van der Waals surface area (Å²) in [7, 11) is -1.16. The molecule has 0 amide bonds. The van der Waals surface area contributed by atoms with Crippen molar-refractivity contribution in [3.8, 4) is 5.75 Å². The predicted molar refractivity (Wildman–Crippen MR) is 53.0 cm³/mol. The Morgan fingerprint density at radius 1 is 1.57 bits per heavy atom. The minimum absolute atomic E-state index is 0.0540. The third kappa shape index (κ3) is 3.37. The van der Waals surface area contributed by atoms with Crippen molar-refractivity contribution in [2.45, 2.75) is 6.92 Å². The number of ether oxygens (including phenoxy) is 1. The van der Waals surface area contributed by atoms with Crippen molar-refractivity contribution in [3.63, 3.8) is 0 Å². The van der Waals surface area contributed by atoms with Crippen LogP contribution in [0, 0.1) is 0 Å². The van der Waals surface area contributed by atoms with Crippen LogP contribution < -0.4 is 4.74 Å². The molecular weight excluding hydrogens is 204 g/mol. The van der Waals surface area contributed by atoms with E-state index in [2.05, 4.69) is 5.10 Å². The molecule has 1 aromatic heterocycles. The van der Waals surface area contributed by atoms with Crippen molar-refractivity contribution in [2.24, 2.45) is 7.05 Å². The minimum Gasteiger partial charge on any atom is -0.489 e. The molecule has 0 saturated carbocycles. The summed E-state index contributed by atoms with van der Waals surface area (Å²) >= 11 is 0. The van der Waals surface area contributed by atoms with Crippen LogP contribution in [0.1, 0.15) is 6.92 Å². The van der Waals surface area contributed by atoms with Crippen molar-refractivity contribution in [1.29, 1.82) is 0 Å². The van der Waals surface area contributed by atoms with E-state index in [1.54, 1.807) is 31.0 Å². The monoisotopic (exact) mass is 218 g/mol. The summed E-state index contributed by atoms with van der Waals surface area (Å²) < 4.78 is 29.0. The highest BCUT2D eigenvalue weighted by atomic mass is 32.2. The average Bonchev–Trinajstić information content (AvgIpc) is 2.51. The topological polar surface area (TPSA) is 61.2 Å². The first-order valence-corrected chi connectivity index (χ1v) is 6.17. The minimum atomic E-state index is -2.94. The van der Waals surface area contributed by atoms with Crippen LogP contribution in [0.5, 0.6) is 5.75 Å². The number of rotatable bonds is 5. The molecular formula is C8H14N2O3S. The molecule has 1 heterocycles. The Morgan fingerprint density at radius 3 is 2.79 bits per heavy atom. The van der Waals surface area contributed by atoms with E-state index in [9.17, 15) is 8.42 Å². The van der Waals surface area contributed by atoms with Gasteiger partial charge in [0.25, 0.3) is 0 Å². The van der Waals surface area contributed by atoms with Gasteiger partial charge in [0.15, 0.2) is 15.6 Å². The Hall–Kier alpha value is -1.04. The van der Waals surface area contributed by atoms with E-state index < -0.39 is 9.84 Å². The smallest absolute Gasteiger partial charge is 0.157 e. The maximum Gasteiger partial charge on any atom is 0.157 e. The zero-order valence-corrected chi connectivity index (χ0v) is 9.12. The van der Waals surface area contributed by atoms with Gasteiger partial charge in [-0.3, -0.25) is 4.68 Å². The fourth-order valence-corrected chi connectivity index (χ4v) is 1.53. The van der Waals surface area contributed by atoms with E-state index in [1.807, 2.05) is 0 Å². The Balaban J connectivity index is 2.36. The van der Waals surface area contributed by atoms with E-state index in [0.717, 1.165) is 0 Å². The van der Waals surface area contributed by atoms with Crippen molar-refractivity contribution in [1.82, 2.24) is 9.78 Å². The molecule has 0 aliphatic heterocycles. The molecule has 0 spiro atoms. The Bertz CT molecular complexity index is 383. The maximum absolute atomic E-state index is 11.1. The molecule has 80 valence electrons. The Morgan fingerprint density at radius 2 is 2.29 bits per heavy atom. The summed E-state index contributed by atoms with van der Waals surface area (Å²) in [6.07, 6.45) is 3.25. The second kappa shape index (κ2) is 4.45. The summed E-state index contributed by atoms with van der Waals surface area (Å²) in [6, 6.07) is 0. The van der Waals surface area contributed by atoms with Crippen molar-refractivity contribution >= 4 is 9.84 Å². The zero-order chi connectivity index (χ0) is 10.6.